The second-order valence-corrected chi connectivity index (χ2v) is 5.30. The predicted molar refractivity (Wildman–Crippen MR) is 80.4 cm³/mol. The van der Waals surface area contributed by atoms with Crippen LogP contribution in [0.3, 0.4) is 0 Å². The van der Waals surface area contributed by atoms with E-state index in [1.54, 1.807) is 0 Å². The molecule has 0 bridgehead atoms. The quantitative estimate of drug-likeness (QED) is 0.874. The van der Waals surface area contributed by atoms with Gasteiger partial charge in [0.05, 0.1) is 12.1 Å². The summed E-state index contributed by atoms with van der Waals surface area (Å²) >= 11 is 0. The smallest absolute Gasteiger partial charge is 0.0830 e. The van der Waals surface area contributed by atoms with E-state index in [4.69, 9.17) is 0 Å². The first-order valence-corrected chi connectivity index (χ1v) is 6.57. The number of hydrogen-bond donors (Lipinski definition) is 2. The molecule has 1 unspecified atom stereocenters. The summed E-state index contributed by atoms with van der Waals surface area (Å²) in [6, 6.07) is 16.3. The van der Waals surface area contributed by atoms with E-state index in [-0.39, 0.29) is 6.61 Å². The number of rotatable bonds is 4. The van der Waals surface area contributed by atoms with Gasteiger partial charge < -0.3 is 10.4 Å². The van der Waals surface area contributed by atoms with Crippen LogP contribution in [0.5, 0.6) is 0 Å². The molecular weight excluding hydrogens is 234 g/mol. The Morgan fingerprint density at radius 2 is 1.74 bits per heavy atom. The SMILES string of the molecule is Cc1ccc(C(C)(CO)Nc2ccccc2)c(C)c1. The van der Waals surface area contributed by atoms with Crippen LogP contribution < -0.4 is 5.32 Å². The molecule has 0 aliphatic carbocycles. The van der Waals surface area contributed by atoms with Gasteiger partial charge in [0.15, 0.2) is 0 Å². The van der Waals surface area contributed by atoms with Gasteiger partial charge in [0.2, 0.25) is 0 Å². The first-order chi connectivity index (χ1) is 9.05. The summed E-state index contributed by atoms with van der Waals surface area (Å²) in [5.74, 6) is 0. The van der Waals surface area contributed by atoms with Crippen molar-refractivity contribution in [1.29, 1.82) is 0 Å². The van der Waals surface area contributed by atoms with Crippen LogP contribution in [0.4, 0.5) is 5.69 Å². The van der Waals surface area contributed by atoms with Gasteiger partial charge in [0.1, 0.15) is 0 Å². The van der Waals surface area contributed by atoms with Crippen molar-refractivity contribution in [1.82, 2.24) is 0 Å². The number of hydrogen-bond acceptors (Lipinski definition) is 2. The van der Waals surface area contributed by atoms with Gasteiger partial charge in [-0.05, 0) is 44.0 Å². The summed E-state index contributed by atoms with van der Waals surface area (Å²) in [6.07, 6.45) is 0. The predicted octanol–water partition coefficient (Wildman–Crippen LogP) is 3.62. The Labute approximate surface area is 115 Å². The maximum absolute atomic E-state index is 9.83. The minimum atomic E-state index is -0.473. The van der Waals surface area contributed by atoms with E-state index >= 15 is 0 Å². The maximum atomic E-state index is 9.83. The number of aliphatic hydroxyl groups is 1. The Morgan fingerprint density at radius 1 is 1.05 bits per heavy atom. The van der Waals surface area contributed by atoms with Crippen molar-refractivity contribution in [3.8, 4) is 0 Å². The molecule has 0 fully saturated rings. The Bertz CT molecular complexity index is 550. The van der Waals surface area contributed by atoms with Crippen molar-refractivity contribution in [2.24, 2.45) is 0 Å². The van der Waals surface area contributed by atoms with E-state index < -0.39 is 5.54 Å². The lowest BCUT2D eigenvalue weighted by atomic mass is 9.88. The van der Waals surface area contributed by atoms with E-state index in [1.165, 1.54) is 11.1 Å². The molecule has 1 atom stereocenters. The summed E-state index contributed by atoms with van der Waals surface area (Å²) in [7, 11) is 0. The summed E-state index contributed by atoms with van der Waals surface area (Å²) in [4.78, 5) is 0. The molecule has 2 heteroatoms. The highest BCUT2D eigenvalue weighted by Crippen LogP contribution is 2.28. The van der Waals surface area contributed by atoms with E-state index in [9.17, 15) is 5.11 Å². The normalized spacial score (nSPS) is 13.9. The van der Waals surface area contributed by atoms with Crippen molar-refractivity contribution >= 4 is 5.69 Å². The highest BCUT2D eigenvalue weighted by molar-refractivity contribution is 5.49. The molecule has 100 valence electrons. The molecule has 19 heavy (non-hydrogen) atoms. The Hall–Kier alpha value is -1.80. The van der Waals surface area contributed by atoms with Crippen LogP contribution in [0.1, 0.15) is 23.6 Å². The second-order valence-electron chi connectivity index (χ2n) is 5.30. The summed E-state index contributed by atoms with van der Waals surface area (Å²) in [5.41, 5.74) is 4.10. The van der Waals surface area contributed by atoms with Crippen LogP contribution in [0.25, 0.3) is 0 Å². The highest BCUT2D eigenvalue weighted by atomic mass is 16.3. The average molecular weight is 255 g/mol. The standard InChI is InChI=1S/C17H21NO/c1-13-9-10-16(14(2)11-13)17(3,12-19)18-15-7-5-4-6-8-15/h4-11,18-19H,12H2,1-3H3. The van der Waals surface area contributed by atoms with Gasteiger partial charge in [0.25, 0.3) is 0 Å². The van der Waals surface area contributed by atoms with Crippen molar-refractivity contribution in [2.75, 3.05) is 11.9 Å². The lowest BCUT2D eigenvalue weighted by Gasteiger charge is -2.32. The number of aliphatic hydroxyl groups excluding tert-OH is 1. The molecule has 0 aromatic heterocycles. The molecule has 0 aliphatic rings. The molecule has 0 saturated heterocycles. The second kappa shape index (κ2) is 5.45. The van der Waals surface area contributed by atoms with Gasteiger partial charge in [0, 0.05) is 5.69 Å². The van der Waals surface area contributed by atoms with Gasteiger partial charge in [-0.1, -0.05) is 42.0 Å². The molecule has 2 aromatic carbocycles. The van der Waals surface area contributed by atoms with Crippen LogP contribution in [-0.2, 0) is 5.54 Å². The molecule has 0 amide bonds. The number of aryl methyl sites for hydroxylation is 2. The van der Waals surface area contributed by atoms with Crippen molar-refractivity contribution in [3.05, 3.63) is 65.2 Å². The first-order valence-electron chi connectivity index (χ1n) is 6.57. The van der Waals surface area contributed by atoms with Crippen molar-refractivity contribution in [3.63, 3.8) is 0 Å². The fourth-order valence-corrected chi connectivity index (χ4v) is 2.46. The molecular formula is C17H21NO. The maximum Gasteiger partial charge on any atom is 0.0830 e. The van der Waals surface area contributed by atoms with Crippen LogP contribution in [0.2, 0.25) is 0 Å². The number of anilines is 1. The average Bonchev–Trinajstić information content (AvgIpc) is 2.39. The largest absolute Gasteiger partial charge is 0.394 e. The Kier molecular flexibility index (Phi) is 3.91. The van der Waals surface area contributed by atoms with E-state index in [2.05, 4.69) is 37.4 Å². The molecule has 2 N–H and O–H groups in total. The molecule has 2 aromatic rings. The topological polar surface area (TPSA) is 32.3 Å². The fourth-order valence-electron chi connectivity index (χ4n) is 2.46. The third kappa shape index (κ3) is 2.96. The molecule has 0 heterocycles. The third-order valence-corrected chi connectivity index (χ3v) is 3.49. The van der Waals surface area contributed by atoms with Crippen LogP contribution in [0.15, 0.2) is 48.5 Å². The molecule has 0 spiro atoms. The highest BCUT2D eigenvalue weighted by Gasteiger charge is 2.27. The lowest BCUT2D eigenvalue weighted by molar-refractivity contribution is 0.223. The summed E-state index contributed by atoms with van der Waals surface area (Å²) in [6.45, 7) is 6.24. The fraction of sp³-hybridized carbons (Fsp3) is 0.294. The minimum absolute atomic E-state index is 0.0474. The zero-order chi connectivity index (χ0) is 13.9. The van der Waals surface area contributed by atoms with E-state index in [0.717, 1.165) is 11.3 Å². The summed E-state index contributed by atoms with van der Waals surface area (Å²) in [5, 5.41) is 13.3. The Morgan fingerprint density at radius 3 is 2.32 bits per heavy atom. The van der Waals surface area contributed by atoms with Crippen LogP contribution in [-0.4, -0.2) is 11.7 Å². The zero-order valence-electron chi connectivity index (χ0n) is 11.8. The molecule has 0 radical (unpaired) electrons. The lowest BCUT2D eigenvalue weighted by Crippen LogP contribution is -2.36. The van der Waals surface area contributed by atoms with E-state index in [1.807, 2.05) is 37.3 Å². The van der Waals surface area contributed by atoms with Gasteiger partial charge in [-0.2, -0.15) is 0 Å². The number of benzene rings is 2. The Balaban J connectivity index is 2.36. The van der Waals surface area contributed by atoms with Gasteiger partial charge in [-0.25, -0.2) is 0 Å². The van der Waals surface area contributed by atoms with Gasteiger partial charge in [-0.3, -0.25) is 0 Å². The van der Waals surface area contributed by atoms with Gasteiger partial charge in [-0.15, -0.1) is 0 Å². The van der Waals surface area contributed by atoms with Crippen molar-refractivity contribution in [2.45, 2.75) is 26.3 Å². The monoisotopic (exact) mass is 255 g/mol. The van der Waals surface area contributed by atoms with Crippen LogP contribution >= 0.6 is 0 Å². The number of para-hydroxylation sites is 1. The number of nitrogens with one attached hydrogen (secondary N) is 1. The summed E-state index contributed by atoms with van der Waals surface area (Å²) < 4.78 is 0. The minimum Gasteiger partial charge on any atom is -0.394 e. The third-order valence-electron chi connectivity index (χ3n) is 3.49. The molecule has 0 aliphatic heterocycles. The molecule has 2 nitrogen and oxygen atoms in total. The first kappa shape index (κ1) is 13.6. The van der Waals surface area contributed by atoms with Crippen LogP contribution in [0, 0.1) is 13.8 Å². The molecule has 2 rings (SSSR count). The molecule has 0 saturated carbocycles. The van der Waals surface area contributed by atoms with Crippen molar-refractivity contribution < 1.29 is 5.11 Å². The zero-order valence-corrected chi connectivity index (χ0v) is 11.8. The van der Waals surface area contributed by atoms with Gasteiger partial charge >= 0.3 is 0 Å². The van der Waals surface area contributed by atoms with E-state index in [0.29, 0.717) is 0 Å².